The number of fused-ring (bicyclic) bond motifs is 3. The van der Waals surface area contributed by atoms with Gasteiger partial charge in [0.2, 0.25) is 0 Å². The van der Waals surface area contributed by atoms with Gasteiger partial charge in [-0.25, -0.2) is 0 Å². The molecule has 2 heterocycles. The van der Waals surface area contributed by atoms with Crippen LogP contribution in [0.1, 0.15) is 209 Å². The smallest absolute Gasteiger partial charge is 0.0166 e. The third-order valence-corrected chi connectivity index (χ3v) is 33.1. The second-order valence-electron chi connectivity index (χ2n) is 38.8. The molecule has 3 heteroatoms. The molecule has 2 nitrogen and oxygen atoms in total. The van der Waals surface area contributed by atoms with Crippen molar-refractivity contribution in [3.8, 4) is 67.0 Å². The van der Waals surface area contributed by atoms with Crippen LogP contribution in [0.5, 0.6) is 0 Å². The monoisotopic (exact) mass is 1580 g/mol. The summed E-state index contributed by atoms with van der Waals surface area (Å²) in [5.74, 6) is 11.0. The Morgan fingerprint density at radius 3 is 1.02 bits per heavy atom. The van der Waals surface area contributed by atoms with E-state index in [9.17, 15) is 0 Å². The van der Waals surface area contributed by atoms with E-state index in [0.717, 1.165) is 93.5 Å². The first-order chi connectivity index (χ1) is 51.8. The first-order valence-electron chi connectivity index (χ1n) is 42.3. The number of rotatable bonds is 16. The molecule has 0 unspecified atom stereocenters. The van der Waals surface area contributed by atoms with Gasteiger partial charge < -0.3 is 9.97 Å². The van der Waals surface area contributed by atoms with Crippen LogP contribution >= 0.6 is 0 Å². The molecular formula is C104H108IrN2-2. The summed E-state index contributed by atoms with van der Waals surface area (Å²) in [7, 11) is 0. The maximum absolute atomic E-state index is 4.69. The standard InChI is InChI=1S/C89H92N.C15H16N.Ir/c1-2-3-4-8-36-84-37-40-85(41-38-84,42-39-84)66-25-15-59(16-26-66)57-11-13-58(14-12-57)60-17-27-67(28-18-60)86-45-71-74-48-87(49-75(71)73(47-86)76(50-87)72(74)46-86)68-29-19-61(20-30-68)62-21-31-69(32-22-62)88-51-77-80-54-89(55-81(77)79(53-88)82(56-89)78(80)52-88)70-33-23-63(24-34-70)65-35-43-90-83(44-65)64-9-6-5-7-10-64;1-15(2,3)13-9-7-12(8-10-13)14-6-4-5-11-16-14;/h5-7,9,11-35,43-44,71-82H,2-4,8,36-42,45-56H2,1H3;4-7,9-11H,1-3H3;/q2*-1;. The Morgan fingerprint density at radius 2 is 0.682 bits per heavy atom. The molecule has 27 rings (SSSR count). The maximum Gasteiger partial charge on any atom is 0.0166 e. The Balaban J connectivity index is 0.000000396. The Bertz CT molecular complexity index is 4720. The fourth-order valence-electron chi connectivity index (χ4n) is 28.1. The average Bonchev–Trinajstić information content (AvgIpc) is 0.672. The zero-order chi connectivity index (χ0) is 70.8. The van der Waals surface area contributed by atoms with E-state index in [4.69, 9.17) is 4.98 Å². The van der Waals surface area contributed by atoms with E-state index in [1.807, 2.05) is 36.5 Å². The van der Waals surface area contributed by atoms with E-state index < -0.39 is 0 Å². The van der Waals surface area contributed by atoms with E-state index in [0.29, 0.717) is 32.5 Å². The van der Waals surface area contributed by atoms with Crippen LogP contribution < -0.4 is 0 Å². The van der Waals surface area contributed by atoms with Crippen LogP contribution in [0.4, 0.5) is 0 Å². The molecule has 545 valence electrons. The summed E-state index contributed by atoms with van der Waals surface area (Å²) >= 11 is 0. The van der Waals surface area contributed by atoms with Crippen LogP contribution in [0.15, 0.2) is 231 Å². The fraction of sp³-hybridized carbons (Fsp3) is 0.442. The summed E-state index contributed by atoms with van der Waals surface area (Å²) in [5, 5.41) is 0. The summed E-state index contributed by atoms with van der Waals surface area (Å²) in [6, 6.07) is 91.4. The number of hydrogen-bond donors (Lipinski definition) is 0. The van der Waals surface area contributed by atoms with Gasteiger partial charge in [-0.2, -0.15) is 0 Å². The first-order valence-corrected chi connectivity index (χ1v) is 42.3. The number of aromatic nitrogens is 2. The molecule has 8 aromatic carbocycles. The molecule has 17 fully saturated rings. The SMILES string of the molecule is CC(C)(C)c1c[c-]c(-c2ccccn2)cc1.CCCCCCC12CCC(c3ccc(-c4ccc(-c5ccc(C67CC8C9CC%10(c%11ccc(-c%12ccc(C%13%14CC%15C%16CC%17(c%18ccc(-c%19ccnc(-c%20[c-]cccc%20)c%19)cc%18)CC%15C(C%13)C(C%17)C%16C%14)cc%12)cc%11)CC8C(C6)C(C%10)C9C7)cc5)cc4)cc3)(CC1)CC2.[Ir]. The third-order valence-electron chi connectivity index (χ3n) is 33.1. The van der Waals surface area contributed by atoms with Crippen LogP contribution in [0.25, 0.3) is 67.0 Å². The van der Waals surface area contributed by atoms with Gasteiger partial charge in [0.15, 0.2) is 0 Å². The zero-order valence-corrected chi connectivity index (χ0v) is 66.3. The van der Waals surface area contributed by atoms with Crippen LogP contribution in [0.2, 0.25) is 0 Å². The molecule has 17 aliphatic carbocycles. The predicted molar refractivity (Wildman–Crippen MR) is 435 cm³/mol. The second-order valence-corrected chi connectivity index (χ2v) is 38.8. The summed E-state index contributed by atoms with van der Waals surface area (Å²) in [6.07, 6.45) is 36.7. The van der Waals surface area contributed by atoms with Crippen molar-refractivity contribution >= 4 is 0 Å². The van der Waals surface area contributed by atoms with Crippen LogP contribution in [-0.2, 0) is 52.6 Å². The van der Waals surface area contributed by atoms with Gasteiger partial charge in [0.05, 0.1) is 0 Å². The molecule has 0 spiro atoms. The molecule has 17 saturated carbocycles. The number of unbranched alkanes of at least 4 members (excludes halogenated alkanes) is 3. The van der Waals surface area contributed by atoms with E-state index in [1.165, 1.54) is 198 Å². The van der Waals surface area contributed by atoms with Crippen molar-refractivity contribution in [1.29, 1.82) is 0 Å². The van der Waals surface area contributed by atoms with Crippen LogP contribution in [0, 0.1) is 88.6 Å². The number of hydrogen-bond acceptors (Lipinski definition) is 2. The molecule has 17 aliphatic rings. The van der Waals surface area contributed by atoms with Gasteiger partial charge >= 0.3 is 0 Å². The minimum absolute atomic E-state index is 0. The molecule has 0 saturated heterocycles. The van der Waals surface area contributed by atoms with E-state index in [1.54, 1.807) is 34.0 Å². The normalized spacial score (nSPS) is 34.2. The van der Waals surface area contributed by atoms with Crippen molar-refractivity contribution in [2.45, 2.75) is 208 Å². The third kappa shape index (κ3) is 11.4. The average molecular weight is 1580 g/mol. The minimum Gasteiger partial charge on any atom is -0.305 e. The number of benzene rings is 8. The quantitative estimate of drug-likeness (QED) is 0.0712. The van der Waals surface area contributed by atoms with Gasteiger partial charge in [0.25, 0.3) is 0 Å². The van der Waals surface area contributed by atoms with Crippen molar-refractivity contribution in [2.75, 3.05) is 0 Å². The number of pyridine rings is 2. The maximum atomic E-state index is 4.69. The molecule has 2 aromatic heterocycles. The molecule has 1 radical (unpaired) electrons. The molecule has 0 aliphatic heterocycles. The van der Waals surface area contributed by atoms with E-state index in [2.05, 4.69) is 233 Å². The van der Waals surface area contributed by atoms with Gasteiger partial charge in [-0.15, -0.1) is 71.3 Å². The van der Waals surface area contributed by atoms with Crippen molar-refractivity contribution < 1.29 is 20.1 Å². The molecule has 0 amide bonds. The van der Waals surface area contributed by atoms with Crippen molar-refractivity contribution in [3.05, 3.63) is 276 Å². The zero-order valence-electron chi connectivity index (χ0n) is 63.9. The van der Waals surface area contributed by atoms with Crippen molar-refractivity contribution in [3.63, 3.8) is 0 Å². The topological polar surface area (TPSA) is 25.8 Å². The predicted octanol–water partition coefficient (Wildman–Crippen LogP) is 26.2. The van der Waals surface area contributed by atoms with Gasteiger partial charge in [-0.1, -0.05) is 217 Å². The van der Waals surface area contributed by atoms with Gasteiger partial charge in [0, 0.05) is 32.5 Å². The molecule has 18 bridgehead atoms. The Labute approximate surface area is 653 Å². The van der Waals surface area contributed by atoms with Crippen molar-refractivity contribution in [2.24, 2.45) is 76.4 Å². The fourth-order valence-corrected chi connectivity index (χ4v) is 28.1. The summed E-state index contributed by atoms with van der Waals surface area (Å²) in [5.41, 5.74) is 27.2. The minimum atomic E-state index is 0. The van der Waals surface area contributed by atoms with Gasteiger partial charge in [-0.3, -0.25) is 0 Å². The summed E-state index contributed by atoms with van der Waals surface area (Å²) < 4.78 is 0. The molecular weight excluding hydrogens is 1470 g/mol. The first kappa shape index (κ1) is 68.9. The Morgan fingerprint density at radius 1 is 0.327 bits per heavy atom. The summed E-state index contributed by atoms with van der Waals surface area (Å²) in [4.78, 5) is 9.00. The van der Waals surface area contributed by atoms with E-state index in [-0.39, 0.29) is 25.5 Å². The molecule has 10 aromatic rings. The van der Waals surface area contributed by atoms with E-state index >= 15 is 0 Å². The Hall–Kier alpha value is -7.29. The van der Waals surface area contributed by atoms with Crippen LogP contribution in [-0.4, -0.2) is 9.97 Å². The second kappa shape index (κ2) is 26.2. The van der Waals surface area contributed by atoms with Gasteiger partial charge in [-0.05, 0) is 327 Å². The van der Waals surface area contributed by atoms with Crippen molar-refractivity contribution in [1.82, 2.24) is 9.97 Å². The van der Waals surface area contributed by atoms with Gasteiger partial charge in [0.1, 0.15) is 0 Å². The summed E-state index contributed by atoms with van der Waals surface area (Å²) in [6.45, 7) is 8.95. The number of nitrogens with zero attached hydrogens (tertiary/aromatic N) is 2. The van der Waals surface area contributed by atoms with Crippen LogP contribution in [0.3, 0.4) is 0 Å². The molecule has 0 N–H and O–H groups in total. The molecule has 107 heavy (non-hydrogen) atoms. The molecule has 0 atom stereocenters. The Kier molecular flexibility index (Phi) is 16.9. The largest absolute Gasteiger partial charge is 0.305 e.